The number of carbonyl (C=O) groups excluding carboxylic acids is 1. The zero-order chi connectivity index (χ0) is 19.8. The van der Waals surface area contributed by atoms with Crippen molar-refractivity contribution in [2.75, 3.05) is 14.2 Å². The number of amides is 1. The highest BCUT2D eigenvalue weighted by Gasteiger charge is 2.18. The van der Waals surface area contributed by atoms with Gasteiger partial charge in [0.25, 0.3) is 0 Å². The van der Waals surface area contributed by atoms with Crippen molar-refractivity contribution in [1.29, 1.82) is 0 Å². The van der Waals surface area contributed by atoms with E-state index >= 15 is 0 Å². The van der Waals surface area contributed by atoms with Crippen molar-refractivity contribution in [2.45, 2.75) is 18.9 Å². The summed E-state index contributed by atoms with van der Waals surface area (Å²) in [6, 6.07) is 25.7. The predicted molar refractivity (Wildman–Crippen MR) is 111 cm³/mol. The highest BCUT2D eigenvalue weighted by molar-refractivity contribution is 5.77. The molecule has 1 amide bonds. The average molecular weight is 375 g/mol. The van der Waals surface area contributed by atoms with E-state index in [1.54, 1.807) is 14.2 Å². The molecule has 0 heterocycles. The van der Waals surface area contributed by atoms with E-state index < -0.39 is 0 Å². The van der Waals surface area contributed by atoms with Gasteiger partial charge in [0.05, 0.1) is 14.2 Å². The number of hydrogen-bond acceptors (Lipinski definition) is 3. The van der Waals surface area contributed by atoms with Crippen LogP contribution < -0.4 is 14.8 Å². The Morgan fingerprint density at radius 3 is 1.75 bits per heavy atom. The normalized spacial score (nSPS) is 10.5. The molecule has 0 spiro atoms. The summed E-state index contributed by atoms with van der Waals surface area (Å²) in [5.74, 6) is 1.56. The van der Waals surface area contributed by atoms with E-state index in [-0.39, 0.29) is 11.8 Å². The van der Waals surface area contributed by atoms with E-state index in [0.29, 0.717) is 13.0 Å². The van der Waals surface area contributed by atoms with Crippen LogP contribution in [0.25, 0.3) is 0 Å². The Kier molecular flexibility index (Phi) is 6.68. The molecule has 28 heavy (non-hydrogen) atoms. The van der Waals surface area contributed by atoms with Crippen molar-refractivity contribution in [2.24, 2.45) is 0 Å². The summed E-state index contributed by atoms with van der Waals surface area (Å²) in [5, 5.41) is 3.03. The van der Waals surface area contributed by atoms with Gasteiger partial charge in [-0.25, -0.2) is 0 Å². The molecule has 0 atom stereocenters. The second kappa shape index (κ2) is 9.60. The van der Waals surface area contributed by atoms with Crippen LogP contribution in [0.1, 0.15) is 29.0 Å². The summed E-state index contributed by atoms with van der Waals surface area (Å²) in [7, 11) is 3.29. The molecule has 3 rings (SSSR count). The molecule has 0 aliphatic carbocycles. The molecule has 0 radical (unpaired) electrons. The summed E-state index contributed by atoms with van der Waals surface area (Å²) in [4.78, 5) is 12.7. The Morgan fingerprint density at radius 1 is 0.786 bits per heavy atom. The molecule has 0 unspecified atom stereocenters. The maximum absolute atomic E-state index is 12.7. The third kappa shape index (κ3) is 5.13. The Labute approximate surface area is 166 Å². The van der Waals surface area contributed by atoms with Crippen LogP contribution in [0.2, 0.25) is 0 Å². The van der Waals surface area contributed by atoms with Gasteiger partial charge in [0.2, 0.25) is 5.91 Å². The monoisotopic (exact) mass is 375 g/mol. The molecule has 4 heteroatoms. The minimum atomic E-state index is -0.0485. The van der Waals surface area contributed by atoms with Gasteiger partial charge in [0, 0.05) is 18.9 Å². The third-order valence-corrected chi connectivity index (χ3v) is 4.76. The molecule has 0 fully saturated rings. The van der Waals surface area contributed by atoms with Gasteiger partial charge in [-0.2, -0.15) is 0 Å². The third-order valence-electron chi connectivity index (χ3n) is 4.76. The lowest BCUT2D eigenvalue weighted by atomic mass is 9.88. The highest BCUT2D eigenvalue weighted by atomic mass is 16.5. The zero-order valence-corrected chi connectivity index (χ0v) is 16.2. The molecule has 0 saturated carbocycles. The molecule has 0 saturated heterocycles. The minimum Gasteiger partial charge on any atom is -0.497 e. The van der Waals surface area contributed by atoms with Crippen molar-refractivity contribution in [1.82, 2.24) is 5.32 Å². The van der Waals surface area contributed by atoms with E-state index in [2.05, 4.69) is 5.32 Å². The van der Waals surface area contributed by atoms with Gasteiger partial charge in [-0.1, -0.05) is 54.6 Å². The molecular weight excluding hydrogens is 350 g/mol. The van der Waals surface area contributed by atoms with Crippen molar-refractivity contribution in [3.05, 3.63) is 95.6 Å². The fourth-order valence-electron chi connectivity index (χ4n) is 3.15. The molecule has 0 aromatic heterocycles. The summed E-state index contributed by atoms with van der Waals surface area (Å²) in [6.45, 7) is 0.525. The first-order valence-electron chi connectivity index (χ1n) is 9.28. The van der Waals surface area contributed by atoms with Crippen LogP contribution in [0.5, 0.6) is 11.5 Å². The number of hydrogen-bond donors (Lipinski definition) is 1. The van der Waals surface area contributed by atoms with E-state index in [1.165, 1.54) is 0 Å². The van der Waals surface area contributed by atoms with Gasteiger partial charge in [0.15, 0.2) is 0 Å². The first-order valence-corrected chi connectivity index (χ1v) is 9.28. The molecular formula is C24H25NO3. The second-order valence-electron chi connectivity index (χ2n) is 6.57. The maximum atomic E-state index is 12.7. The quantitative estimate of drug-likeness (QED) is 0.629. The first-order chi connectivity index (χ1) is 13.7. The molecule has 4 nitrogen and oxygen atoms in total. The maximum Gasteiger partial charge on any atom is 0.221 e. The van der Waals surface area contributed by atoms with Gasteiger partial charge in [-0.05, 0) is 41.0 Å². The molecule has 0 aliphatic rings. The van der Waals surface area contributed by atoms with Gasteiger partial charge in [0.1, 0.15) is 11.5 Å². The smallest absolute Gasteiger partial charge is 0.221 e. The second-order valence-corrected chi connectivity index (χ2v) is 6.57. The molecule has 0 bridgehead atoms. The van der Waals surface area contributed by atoms with Crippen LogP contribution in [0.3, 0.4) is 0 Å². The molecule has 1 N–H and O–H groups in total. The van der Waals surface area contributed by atoms with Gasteiger partial charge >= 0.3 is 0 Å². The van der Waals surface area contributed by atoms with Gasteiger partial charge in [-0.3, -0.25) is 4.79 Å². The van der Waals surface area contributed by atoms with E-state index in [0.717, 1.165) is 28.2 Å². The number of nitrogens with one attached hydrogen (secondary N) is 1. The van der Waals surface area contributed by atoms with Crippen LogP contribution in [-0.2, 0) is 11.3 Å². The first kappa shape index (κ1) is 19.5. The average Bonchev–Trinajstić information content (AvgIpc) is 2.77. The molecule has 144 valence electrons. The van der Waals surface area contributed by atoms with Crippen molar-refractivity contribution in [3.63, 3.8) is 0 Å². The van der Waals surface area contributed by atoms with Crippen molar-refractivity contribution < 1.29 is 14.3 Å². The lowest BCUT2D eigenvalue weighted by Crippen LogP contribution is -2.25. The molecule has 3 aromatic carbocycles. The summed E-state index contributed by atoms with van der Waals surface area (Å²) < 4.78 is 10.5. The Bertz CT molecular complexity index is 826. The molecule has 3 aromatic rings. The number of carbonyl (C=O) groups is 1. The predicted octanol–water partition coefficient (Wildman–Crippen LogP) is 4.54. The number of benzene rings is 3. The summed E-state index contributed by atoms with van der Waals surface area (Å²) in [6.07, 6.45) is 0.367. The van der Waals surface area contributed by atoms with Crippen LogP contribution in [0.15, 0.2) is 78.9 Å². The van der Waals surface area contributed by atoms with Crippen LogP contribution in [0, 0.1) is 0 Å². The standard InChI is InChI=1S/C24H25NO3/c1-27-21-12-8-19(9-13-21)23(20-10-14-22(28-2)15-11-20)16-24(26)25-17-18-6-4-3-5-7-18/h3-15,23H,16-17H2,1-2H3,(H,25,26). The summed E-state index contributed by atoms with van der Waals surface area (Å²) >= 11 is 0. The van der Waals surface area contributed by atoms with Crippen LogP contribution >= 0.6 is 0 Å². The SMILES string of the molecule is COc1ccc(C(CC(=O)NCc2ccccc2)c2ccc(OC)cc2)cc1. The zero-order valence-electron chi connectivity index (χ0n) is 16.2. The Morgan fingerprint density at radius 2 is 1.29 bits per heavy atom. The minimum absolute atomic E-state index is 0.0143. The van der Waals surface area contributed by atoms with Crippen molar-refractivity contribution in [3.8, 4) is 11.5 Å². The lowest BCUT2D eigenvalue weighted by Gasteiger charge is -2.19. The number of rotatable bonds is 8. The van der Waals surface area contributed by atoms with Crippen molar-refractivity contribution >= 4 is 5.91 Å². The lowest BCUT2D eigenvalue weighted by molar-refractivity contribution is -0.121. The van der Waals surface area contributed by atoms with E-state index in [1.807, 2.05) is 78.9 Å². The topological polar surface area (TPSA) is 47.6 Å². The Balaban J connectivity index is 1.77. The van der Waals surface area contributed by atoms with E-state index in [4.69, 9.17) is 9.47 Å². The number of methoxy groups -OCH3 is 2. The van der Waals surface area contributed by atoms with Gasteiger partial charge in [-0.15, -0.1) is 0 Å². The van der Waals surface area contributed by atoms with Gasteiger partial charge < -0.3 is 14.8 Å². The molecule has 0 aliphatic heterocycles. The largest absolute Gasteiger partial charge is 0.497 e. The fourth-order valence-corrected chi connectivity index (χ4v) is 3.15. The van der Waals surface area contributed by atoms with E-state index in [9.17, 15) is 4.79 Å². The number of ether oxygens (including phenoxy) is 2. The fraction of sp³-hybridized carbons (Fsp3) is 0.208. The Hall–Kier alpha value is -3.27. The van der Waals surface area contributed by atoms with Crippen LogP contribution in [-0.4, -0.2) is 20.1 Å². The highest BCUT2D eigenvalue weighted by Crippen LogP contribution is 2.30. The summed E-state index contributed by atoms with van der Waals surface area (Å²) in [5.41, 5.74) is 3.22. The van der Waals surface area contributed by atoms with Crippen LogP contribution in [0.4, 0.5) is 0 Å².